The molecule has 2 aromatic heterocycles. The molecule has 0 amide bonds. The van der Waals surface area contributed by atoms with E-state index in [4.69, 9.17) is 16.3 Å². The van der Waals surface area contributed by atoms with Crippen LogP contribution in [-0.2, 0) is 9.53 Å². The second-order valence-corrected chi connectivity index (χ2v) is 9.31. The van der Waals surface area contributed by atoms with Gasteiger partial charge >= 0.3 is 11.7 Å². The number of carbonyl (C=O) groups excluding carboxylic acids is 1. The number of hydrogen-bond acceptors (Lipinski definition) is 3. The molecule has 180 valence electrons. The van der Waals surface area contributed by atoms with Crippen LogP contribution in [0.4, 0.5) is 0 Å². The summed E-state index contributed by atoms with van der Waals surface area (Å²) < 4.78 is 8.82. The molecule has 0 saturated carbocycles. The Kier molecular flexibility index (Phi) is 6.89. The number of ether oxygens (including phenoxy) is 1. The SMILES string of the molecule is CCCC(CC(=O)OCC)n1c(=O)n(C(C)c2ccc(Cl)c3c(C)c(C)[nH]c23)c2ccccc21. The van der Waals surface area contributed by atoms with Crippen LogP contribution < -0.4 is 5.69 Å². The van der Waals surface area contributed by atoms with Crippen molar-refractivity contribution in [3.05, 3.63) is 68.7 Å². The van der Waals surface area contributed by atoms with E-state index in [9.17, 15) is 9.59 Å². The quantitative estimate of drug-likeness (QED) is 0.294. The Hall–Kier alpha value is -2.99. The maximum Gasteiger partial charge on any atom is 0.329 e. The third kappa shape index (κ3) is 4.05. The molecule has 34 heavy (non-hydrogen) atoms. The van der Waals surface area contributed by atoms with E-state index in [2.05, 4.69) is 18.8 Å². The fraction of sp³-hybridized carbons (Fsp3) is 0.407. The Morgan fingerprint density at radius 2 is 1.76 bits per heavy atom. The molecule has 2 aromatic carbocycles. The van der Waals surface area contributed by atoms with Gasteiger partial charge in [0.15, 0.2) is 0 Å². The van der Waals surface area contributed by atoms with Crippen molar-refractivity contribution in [3.8, 4) is 0 Å². The summed E-state index contributed by atoms with van der Waals surface area (Å²) in [5, 5.41) is 1.69. The molecule has 2 heterocycles. The van der Waals surface area contributed by atoms with E-state index in [0.29, 0.717) is 18.1 Å². The zero-order chi connectivity index (χ0) is 24.6. The predicted molar refractivity (Wildman–Crippen MR) is 138 cm³/mol. The molecule has 2 atom stereocenters. The number of esters is 1. The minimum absolute atomic E-state index is 0.125. The minimum atomic E-state index is -0.283. The summed E-state index contributed by atoms with van der Waals surface area (Å²) in [7, 11) is 0. The van der Waals surface area contributed by atoms with Crippen LogP contribution in [0.5, 0.6) is 0 Å². The minimum Gasteiger partial charge on any atom is -0.466 e. The van der Waals surface area contributed by atoms with E-state index >= 15 is 0 Å². The molecule has 2 unspecified atom stereocenters. The van der Waals surface area contributed by atoms with Crippen molar-refractivity contribution < 1.29 is 9.53 Å². The second-order valence-electron chi connectivity index (χ2n) is 8.90. The summed E-state index contributed by atoms with van der Waals surface area (Å²) in [6, 6.07) is 11.2. The Bertz CT molecular complexity index is 1410. The van der Waals surface area contributed by atoms with Crippen molar-refractivity contribution in [2.75, 3.05) is 6.61 Å². The van der Waals surface area contributed by atoms with Crippen LogP contribution in [-0.4, -0.2) is 26.7 Å². The lowest BCUT2D eigenvalue weighted by Gasteiger charge is -2.18. The molecule has 0 saturated heterocycles. The summed E-state index contributed by atoms with van der Waals surface area (Å²) >= 11 is 6.54. The second kappa shape index (κ2) is 9.71. The fourth-order valence-electron chi connectivity index (χ4n) is 5.04. The molecule has 6 nitrogen and oxygen atoms in total. The molecule has 0 aliphatic rings. The van der Waals surface area contributed by atoms with Crippen LogP contribution in [0.25, 0.3) is 21.9 Å². The van der Waals surface area contributed by atoms with Crippen molar-refractivity contribution in [1.29, 1.82) is 0 Å². The van der Waals surface area contributed by atoms with Gasteiger partial charge in [-0.25, -0.2) is 4.79 Å². The molecule has 7 heteroatoms. The van der Waals surface area contributed by atoms with Gasteiger partial charge in [-0.2, -0.15) is 0 Å². The standard InChI is InChI=1S/C27H32ClN3O3/c1-6-10-19(15-24(32)34-7-2)31-23-12-9-8-11-22(23)30(27(31)33)18(5)20-13-14-21(28)25-16(3)17(4)29-26(20)25/h8-9,11-14,18-19,29H,6-7,10,15H2,1-5H3. The molecule has 0 radical (unpaired) electrons. The molecule has 1 N–H and O–H groups in total. The number of aryl methyl sites for hydroxylation is 2. The zero-order valence-electron chi connectivity index (χ0n) is 20.4. The molecule has 0 aliphatic carbocycles. The van der Waals surface area contributed by atoms with Crippen molar-refractivity contribution in [3.63, 3.8) is 0 Å². The normalized spacial score (nSPS) is 13.5. The third-order valence-electron chi connectivity index (χ3n) is 6.78. The third-order valence-corrected chi connectivity index (χ3v) is 7.10. The largest absolute Gasteiger partial charge is 0.466 e. The van der Waals surface area contributed by atoms with Gasteiger partial charge in [-0.05, 0) is 63.4 Å². The number of aromatic nitrogens is 3. The number of nitrogens with one attached hydrogen (secondary N) is 1. The summed E-state index contributed by atoms with van der Waals surface area (Å²) in [6.45, 7) is 10.3. The first-order valence-electron chi connectivity index (χ1n) is 11.9. The molecule has 0 spiro atoms. The highest BCUT2D eigenvalue weighted by atomic mass is 35.5. The van der Waals surface area contributed by atoms with E-state index < -0.39 is 0 Å². The number of para-hydroxylation sites is 2. The zero-order valence-corrected chi connectivity index (χ0v) is 21.2. The van der Waals surface area contributed by atoms with Gasteiger partial charge in [0.25, 0.3) is 0 Å². The molecule has 0 bridgehead atoms. The summed E-state index contributed by atoms with van der Waals surface area (Å²) in [5.74, 6) is -0.283. The number of benzene rings is 2. The number of H-pyrrole nitrogens is 1. The van der Waals surface area contributed by atoms with Crippen LogP contribution in [0.3, 0.4) is 0 Å². The fourth-order valence-corrected chi connectivity index (χ4v) is 5.34. The summed E-state index contributed by atoms with van der Waals surface area (Å²) in [6.07, 6.45) is 1.73. The Balaban J connectivity index is 1.91. The van der Waals surface area contributed by atoms with E-state index in [1.54, 1.807) is 11.5 Å². The van der Waals surface area contributed by atoms with Gasteiger partial charge < -0.3 is 9.72 Å². The highest BCUT2D eigenvalue weighted by molar-refractivity contribution is 6.35. The van der Waals surface area contributed by atoms with Crippen LogP contribution in [0.2, 0.25) is 5.02 Å². The molecular formula is C27H32ClN3O3. The van der Waals surface area contributed by atoms with E-state index in [-0.39, 0.29) is 30.2 Å². The van der Waals surface area contributed by atoms with Crippen LogP contribution in [0.1, 0.15) is 68.9 Å². The van der Waals surface area contributed by atoms with Gasteiger partial charge in [0.05, 0.1) is 40.6 Å². The van der Waals surface area contributed by atoms with Gasteiger partial charge in [-0.15, -0.1) is 0 Å². The van der Waals surface area contributed by atoms with Crippen LogP contribution in [0.15, 0.2) is 41.2 Å². The van der Waals surface area contributed by atoms with Crippen molar-refractivity contribution >= 4 is 39.5 Å². The first-order chi connectivity index (χ1) is 16.3. The number of nitrogens with zero attached hydrogens (tertiary/aromatic N) is 2. The molecule has 0 fully saturated rings. The van der Waals surface area contributed by atoms with Gasteiger partial charge in [0.2, 0.25) is 0 Å². The van der Waals surface area contributed by atoms with Gasteiger partial charge in [-0.3, -0.25) is 13.9 Å². The highest BCUT2D eigenvalue weighted by Gasteiger charge is 2.26. The number of fused-ring (bicyclic) bond motifs is 2. The lowest BCUT2D eigenvalue weighted by molar-refractivity contribution is -0.144. The highest BCUT2D eigenvalue weighted by Crippen LogP contribution is 2.35. The average Bonchev–Trinajstić information content (AvgIpc) is 3.26. The van der Waals surface area contributed by atoms with Crippen molar-refractivity contribution in [2.45, 2.75) is 66.0 Å². The Labute approximate surface area is 204 Å². The number of hydrogen-bond donors (Lipinski definition) is 1. The number of halogens is 1. The first-order valence-corrected chi connectivity index (χ1v) is 12.3. The predicted octanol–water partition coefficient (Wildman–Crippen LogP) is 6.46. The Morgan fingerprint density at radius 1 is 1.09 bits per heavy atom. The van der Waals surface area contributed by atoms with Crippen LogP contribution in [0, 0.1) is 13.8 Å². The van der Waals surface area contributed by atoms with Gasteiger partial charge in [0, 0.05) is 17.1 Å². The van der Waals surface area contributed by atoms with Crippen LogP contribution >= 0.6 is 11.6 Å². The smallest absolute Gasteiger partial charge is 0.329 e. The number of imidazole rings is 1. The Morgan fingerprint density at radius 3 is 2.41 bits per heavy atom. The van der Waals surface area contributed by atoms with E-state index in [1.807, 2.05) is 54.8 Å². The van der Waals surface area contributed by atoms with Crippen molar-refractivity contribution in [2.24, 2.45) is 0 Å². The maximum atomic E-state index is 14.0. The number of carbonyl (C=O) groups is 1. The monoisotopic (exact) mass is 481 g/mol. The maximum absolute atomic E-state index is 14.0. The van der Waals surface area contributed by atoms with Crippen molar-refractivity contribution in [1.82, 2.24) is 14.1 Å². The lowest BCUT2D eigenvalue weighted by Crippen LogP contribution is -2.31. The lowest BCUT2D eigenvalue weighted by atomic mass is 10.0. The van der Waals surface area contributed by atoms with Gasteiger partial charge in [-0.1, -0.05) is 43.1 Å². The molecule has 4 rings (SSSR count). The average molecular weight is 482 g/mol. The number of rotatable bonds is 8. The summed E-state index contributed by atoms with van der Waals surface area (Å²) in [5.41, 5.74) is 5.66. The molecule has 4 aromatic rings. The van der Waals surface area contributed by atoms with E-state index in [0.717, 1.165) is 45.2 Å². The summed E-state index contributed by atoms with van der Waals surface area (Å²) in [4.78, 5) is 29.8. The van der Waals surface area contributed by atoms with E-state index in [1.165, 1.54) is 0 Å². The topological polar surface area (TPSA) is 69.0 Å². The first kappa shape index (κ1) is 24.1. The number of aromatic amines is 1. The molecular weight excluding hydrogens is 450 g/mol. The molecule has 0 aliphatic heterocycles. The van der Waals surface area contributed by atoms with Gasteiger partial charge in [0.1, 0.15) is 0 Å².